The molecule has 0 aromatic carbocycles. The first-order valence-corrected chi connectivity index (χ1v) is 8.13. The maximum absolute atomic E-state index is 12.3. The SMILES string of the molecule is CCOCC(C)NS(=O)(=O)c1c(N)nc2sccn12. The van der Waals surface area contributed by atoms with Crippen LogP contribution in [0.25, 0.3) is 4.96 Å². The fourth-order valence-electron chi connectivity index (χ4n) is 1.70. The van der Waals surface area contributed by atoms with Gasteiger partial charge in [0.1, 0.15) is 0 Å². The Balaban J connectivity index is 2.28. The molecule has 1 atom stereocenters. The number of nitrogen functional groups attached to an aromatic ring is 1. The molecule has 0 saturated carbocycles. The van der Waals surface area contributed by atoms with Crippen LogP contribution in [0.4, 0.5) is 5.82 Å². The highest BCUT2D eigenvalue weighted by Crippen LogP contribution is 2.23. The van der Waals surface area contributed by atoms with Crippen LogP contribution in [0.1, 0.15) is 13.8 Å². The molecular formula is C10H16N4O3S2. The van der Waals surface area contributed by atoms with E-state index in [2.05, 4.69) is 9.71 Å². The fraction of sp³-hybridized carbons (Fsp3) is 0.500. The smallest absolute Gasteiger partial charge is 0.260 e. The van der Waals surface area contributed by atoms with Gasteiger partial charge < -0.3 is 10.5 Å². The number of rotatable bonds is 6. The van der Waals surface area contributed by atoms with E-state index in [0.29, 0.717) is 18.2 Å². The van der Waals surface area contributed by atoms with E-state index in [9.17, 15) is 8.42 Å². The number of sulfonamides is 1. The molecule has 0 radical (unpaired) electrons. The third-order valence-corrected chi connectivity index (χ3v) is 4.81. The van der Waals surface area contributed by atoms with Gasteiger partial charge in [0.05, 0.1) is 6.61 Å². The summed E-state index contributed by atoms with van der Waals surface area (Å²) >= 11 is 1.33. The maximum Gasteiger partial charge on any atom is 0.260 e. The lowest BCUT2D eigenvalue weighted by Gasteiger charge is -2.13. The highest BCUT2D eigenvalue weighted by molar-refractivity contribution is 7.89. The van der Waals surface area contributed by atoms with Crippen LogP contribution < -0.4 is 10.5 Å². The van der Waals surface area contributed by atoms with E-state index in [1.165, 1.54) is 15.7 Å². The predicted octanol–water partition coefficient (Wildman–Crippen LogP) is 0.681. The second-order valence-corrected chi connectivity index (χ2v) is 6.54. The Labute approximate surface area is 115 Å². The number of nitrogens with one attached hydrogen (secondary N) is 1. The molecule has 0 amide bonds. The van der Waals surface area contributed by atoms with Gasteiger partial charge in [-0.1, -0.05) is 0 Å². The Bertz CT molecular complexity index is 661. The molecule has 9 heteroatoms. The van der Waals surface area contributed by atoms with E-state index >= 15 is 0 Å². The molecule has 0 fully saturated rings. The summed E-state index contributed by atoms with van der Waals surface area (Å²) < 4.78 is 33.8. The number of anilines is 1. The number of imidazole rings is 1. The average Bonchev–Trinajstić information content (AvgIpc) is 2.84. The Morgan fingerprint density at radius 1 is 1.63 bits per heavy atom. The minimum atomic E-state index is -3.72. The number of fused-ring (bicyclic) bond motifs is 1. The van der Waals surface area contributed by atoms with Gasteiger partial charge in [-0.15, -0.1) is 11.3 Å². The first-order chi connectivity index (χ1) is 8.95. The van der Waals surface area contributed by atoms with Crippen molar-refractivity contribution in [2.75, 3.05) is 18.9 Å². The summed E-state index contributed by atoms with van der Waals surface area (Å²) in [6.07, 6.45) is 1.63. The zero-order chi connectivity index (χ0) is 14.0. The van der Waals surface area contributed by atoms with Gasteiger partial charge in [0.25, 0.3) is 10.0 Å². The van der Waals surface area contributed by atoms with Gasteiger partial charge in [-0.3, -0.25) is 4.40 Å². The molecule has 2 aromatic heterocycles. The molecule has 0 aliphatic carbocycles. The molecule has 7 nitrogen and oxygen atoms in total. The van der Waals surface area contributed by atoms with Gasteiger partial charge in [-0.25, -0.2) is 18.1 Å². The molecule has 2 aromatic rings. The summed E-state index contributed by atoms with van der Waals surface area (Å²) in [6, 6.07) is -0.339. The molecule has 0 saturated heterocycles. The largest absolute Gasteiger partial charge is 0.381 e. The molecule has 0 spiro atoms. The number of aromatic nitrogens is 2. The summed E-state index contributed by atoms with van der Waals surface area (Å²) in [4.78, 5) is 4.57. The van der Waals surface area contributed by atoms with Crippen molar-refractivity contribution in [3.63, 3.8) is 0 Å². The number of ether oxygens (including phenoxy) is 1. The lowest BCUT2D eigenvalue weighted by Crippen LogP contribution is -2.36. The molecule has 0 bridgehead atoms. The quantitative estimate of drug-likeness (QED) is 0.817. The van der Waals surface area contributed by atoms with E-state index in [1.54, 1.807) is 18.5 Å². The molecule has 19 heavy (non-hydrogen) atoms. The molecule has 2 heterocycles. The van der Waals surface area contributed by atoms with Crippen LogP contribution in [0.15, 0.2) is 16.6 Å². The second-order valence-electron chi connectivity index (χ2n) is 4.04. The number of nitrogens with zero attached hydrogens (tertiary/aromatic N) is 2. The maximum atomic E-state index is 12.3. The van der Waals surface area contributed by atoms with Crippen LogP contribution in [-0.4, -0.2) is 37.1 Å². The van der Waals surface area contributed by atoms with Gasteiger partial charge in [-0.2, -0.15) is 0 Å². The average molecular weight is 304 g/mol. The van der Waals surface area contributed by atoms with E-state index in [-0.39, 0.29) is 16.9 Å². The van der Waals surface area contributed by atoms with Crippen LogP contribution in [-0.2, 0) is 14.8 Å². The summed E-state index contributed by atoms with van der Waals surface area (Å²) in [5.74, 6) is 0.00274. The standard InChI is InChI=1S/C10H16N4O3S2/c1-3-17-6-7(2)13-19(15,16)9-8(11)12-10-14(9)4-5-18-10/h4-5,7,13H,3,6,11H2,1-2H3. The van der Waals surface area contributed by atoms with Crippen molar-refractivity contribution in [3.05, 3.63) is 11.6 Å². The molecule has 3 N–H and O–H groups in total. The molecule has 0 aliphatic rings. The third-order valence-electron chi connectivity index (χ3n) is 2.43. The lowest BCUT2D eigenvalue weighted by atomic mass is 10.4. The summed E-state index contributed by atoms with van der Waals surface area (Å²) in [5, 5.41) is 1.73. The second kappa shape index (κ2) is 5.45. The predicted molar refractivity (Wildman–Crippen MR) is 73.8 cm³/mol. The third kappa shape index (κ3) is 2.89. The van der Waals surface area contributed by atoms with Crippen molar-refractivity contribution in [1.29, 1.82) is 0 Å². The fourth-order valence-corrected chi connectivity index (χ4v) is 3.91. The van der Waals surface area contributed by atoms with Crippen LogP contribution >= 0.6 is 11.3 Å². The Morgan fingerprint density at radius 2 is 2.37 bits per heavy atom. The number of hydrogen-bond donors (Lipinski definition) is 2. The van der Waals surface area contributed by atoms with Crippen LogP contribution in [0.3, 0.4) is 0 Å². The first kappa shape index (κ1) is 14.3. The minimum Gasteiger partial charge on any atom is -0.381 e. The van der Waals surface area contributed by atoms with Crippen molar-refractivity contribution in [2.24, 2.45) is 0 Å². The van der Waals surface area contributed by atoms with Crippen molar-refractivity contribution in [3.8, 4) is 0 Å². The van der Waals surface area contributed by atoms with E-state index in [0.717, 1.165) is 0 Å². The molecular weight excluding hydrogens is 288 g/mol. The van der Waals surface area contributed by atoms with E-state index in [4.69, 9.17) is 10.5 Å². The van der Waals surface area contributed by atoms with Gasteiger partial charge in [0, 0.05) is 24.2 Å². The van der Waals surface area contributed by atoms with Gasteiger partial charge in [-0.05, 0) is 13.8 Å². The van der Waals surface area contributed by atoms with Gasteiger partial charge in [0.2, 0.25) is 0 Å². The van der Waals surface area contributed by atoms with Crippen molar-refractivity contribution in [1.82, 2.24) is 14.1 Å². The van der Waals surface area contributed by atoms with Crippen LogP contribution in [0, 0.1) is 0 Å². The summed E-state index contributed by atoms with van der Waals surface area (Å²) in [7, 11) is -3.72. The topological polar surface area (TPSA) is 98.7 Å². The Morgan fingerprint density at radius 3 is 3.05 bits per heavy atom. The van der Waals surface area contributed by atoms with E-state index in [1.807, 2.05) is 6.92 Å². The lowest BCUT2D eigenvalue weighted by molar-refractivity contribution is 0.133. The summed E-state index contributed by atoms with van der Waals surface area (Å²) in [6.45, 7) is 4.43. The van der Waals surface area contributed by atoms with E-state index < -0.39 is 10.0 Å². The zero-order valence-corrected chi connectivity index (χ0v) is 12.3. The highest BCUT2D eigenvalue weighted by atomic mass is 32.2. The first-order valence-electron chi connectivity index (χ1n) is 5.76. The van der Waals surface area contributed by atoms with Crippen LogP contribution in [0.5, 0.6) is 0 Å². The normalized spacial score (nSPS) is 14.0. The Kier molecular flexibility index (Phi) is 4.09. The highest BCUT2D eigenvalue weighted by Gasteiger charge is 2.26. The minimum absolute atomic E-state index is 0.00274. The molecule has 1 unspecified atom stereocenters. The molecule has 2 rings (SSSR count). The van der Waals surface area contributed by atoms with Crippen LogP contribution in [0.2, 0.25) is 0 Å². The molecule has 106 valence electrons. The zero-order valence-electron chi connectivity index (χ0n) is 10.7. The van der Waals surface area contributed by atoms with Crippen molar-refractivity contribution < 1.29 is 13.2 Å². The number of hydrogen-bond acceptors (Lipinski definition) is 6. The Hall–Kier alpha value is -1.16. The number of thiazole rings is 1. The number of nitrogens with two attached hydrogens (primary N) is 1. The van der Waals surface area contributed by atoms with Gasteiger partial charge in [0.15, 0.2) is 15.8 Å². The van der Waals surface area contributed by atoms with Crippen molar-refractivity contribution in [2.45, 2.75) is 24.9 Å². The van der Waals surface area contributed by atoms with Gasteiger partial charge >= 0.3 is 0 Å². The monoisotopic (exact) mass is 304 g/mol. The summed E-state index contributed by atoms with van der Waals surface area (Å²) in [5.41, 5.74) is 5.68. The molecule has 0 aliphatic heterocycles. The van der Waals surface area contributed by atoms with Crippen molar-refractivity contribution >= 4 is 32.1 Å².